The lowest BCUT2D eigenvalue weighted by Crippen LogP contribution is -2.46. The van der Waals surface area contributed by atoms with Crippen molar-refractivity contribution in [3.8, 4) is 0 Å². The maximum absolute atomic E-state index is 12.0. The largest absolute Gasteiger partial charge is 0.467 e. The number of esters is 1. The average molecular weight is 285 g/mol. The van der Waals surface area contributed by atoms with Crippen LogP contribution in [0.15, 0.2) is 0 Å². The van der Waals surface area contributed by atoms with Crippen LogP contribution < -0.4 is 11.1 Å². The molecular weight excluding hydrogens is 258 g/mol. The summed E-state index contributed by atoms with van der Waals surface area (Å²) in [6.45, 7) is 7.91. The number of nitrogens with two attached hydrogens (primary N) is 1. The number of amides is 1. The zero-order valence-electron chi connectivity index (χ0n) is 12.9. The zero-order valence-corrected chi connectivity index (χ0v) is 12.9. The van der Waals surface area contributed by atoms with E-state index in [1.54, 1.807) is 0 Å². The highest BCUT2D eigenvalue weighted by atomic mass is 16.5. The second kappa shape index (κ2) is 7.59. The van der Waals surface area contributed by atoms with Crippen LogP contribution in [0.25, 0.3) is 0 Å². The quantitative estimate of drug-likeness (QED) is 0.669. The Morgan fingerprint density at radius 2 is 2.05 bits per heavy atom. The van der Waals surface area contributed by atoms with Crippen molar-refractivity contribution in [1.29, 1.82) is 0 Å². The molecule has 0 radical (unpaired) electrons. The summed E-state index contributed by atoms with van der Waals surface area (Å²) in [7, 11) is 1.34. The molecule has 1 rings (SSSR count). The van der Waals surface area contributed by atoms with Crippen molar-refractivity contribution in [2.75, 3.05) is 26.7 Å². The van der Waals surface area contributed by atoms with Gasteiger partial charge in [-0.05, 0) is 18.3 Å². The predicted molar refractivity (Wildman–Crippen MR) is 77.0 cm³/mol. The minimum Gasteiger partial charge on any atom is -0.467 e. The Bertz CT molecular complexity index is 337. The van der Waals surface area contributed by atoms with E-state index in [1.807, 2.05) is 18.7 Å². The SMILES string of the molecule is COC(=O)C(CC(C)C)NC(=O)CN1CC(C)C(N)C1. The molecule has 3 atom stereocenters. The number of ether oxygens (including phenoxy) is 1. The molecule has 6 heteroatoms. The highest BCUT2D eigenvalue weighted by Crippen LogP contribution is 2.13. The summed E-state index contributed by atoms with van der Waals surface area (Å²) in [5.41, 5.74) is 5.93. The Kier molecular flexibility index (Phi) is 6.42. The molecule has 20 heavy (non-hydrogen) atoms. The number of likely N-dealkylation sites (tertiary alicyclic amines) is 1. The first-order chi connectivity index (χ1) is 9.33. The average Bonchev–Trinajstić information content (AvgIpc) is 2.65. The van der Waals surface area contributed by atoms with Gasteiger partial charge < -0.3 is 15.8 Å². The molecule has 3 N–H and O–H groups in total. The van der Waals surface area contributed by atoms with E-state index in [1.165, 1.54) is 7.11 Å². The molecule has 1 saturated heterocycles. The van der Waals surface area contributed by atoms with Crippen LogP contribution in [0.4, 0.5) is 0 Å². The smallest absolute Gasteiger partial charge is 0.328 e. The van der Waals surface area contributed by atoms with Crippen molar-refractivity contribution in [3.63, 3.8) is 0 Å². The Balaban J connectivity index is 2.47. The van der Waals surface area contributed by atoms with Crippen molar-refractivity contribution >= 4 is 11.9 Å². The van der Waals surface area contributed by atoms with E-state index >= 15 is 0 Å². The summed E-state index contributed by atoms with van der Waals surface area (Å²) in [5.74, 6) is 0.162. The molecule has 0 bridgehead atoms. The molecule has 1 aliphatic heterocycles. The molecule has 0 spiro atoms. The number of methoxy groups -OCH3 is 1. The molecule has 0 aromatic heterocycles. The topological polar surface area (TPSA) is 84.7 Å². The van der Waals surface area contributed by atoms with Crippen LogP contribution in [0.3, 0.4) is 0 Å². The van der Waals surface area contributed by atoms with E-state index in [0.717, 1.165) is 13.1 Å². The summed E-state index contributed by atoms with van der Waals surface area (Å²) in [6.07, 6.45) is 0.578. The van der Waals surface area contributed by atoms with Gasteiger partial charge in [-0.1, -0.05) is 20.8 Å². The summed E-state index contributed by atoms with van der Waals surface area (Å²) in [5, 5.41) is 2.76. The van der Waals surface area contributed by atoms with E-state index in [-0.39, 0.29) is 18.5 Å². The van der Waals surface area contributed by atoms with Crippen LogP contribution in [-0.2, 0) is 14.3 Å². The minimum absolute atomic E-state index is 0.120. The molecule has 0 aliphatic carbocycles. The lowest BCUT2D eigenvalue weighted by molar-refractivity contribution is -0.145. The normalized spacial score (nSPS) is 24.7. The van der Waals surface area contributed by atoms with Crippen LogP contribution in [0.2, 0.25) is 0 Å². The van der Waals surface area contributed by atoms with Gasteiger partial charge in [0.25, 0.3) is 0 Å². The van der Waals surface area contributed by atoms with Gasteiger partial charge in [0, 0.05) is 19.1 Å². The van der Waals surface area contributed by atoms with Gasteiger partial charge in [0.2, 0.25) is 5.91 Å². The minimum atomic E-state index is -0.568. The fourth-order valence-electron chi connectivity index (χ4n) is 2.50. The van der Waals surface area contributed by atoms with Crippen molar-refractivity contribution in [2.24, 2.45) is 17.6 Å². The highest BCUT2D eigenvalue weighted by Gasteiger charge is 2.29. The van der Waals surface area contributed by atoms with E-state index in [4.69, 9.17) is 10.5 Å². The molecule has 1 heterocycles. The summed E-state index contributed by atoms with van der Waals surface area (Å²) < 4.78 is 4.73. The zero-order chi connectivity index (χ0) is 15.3. The number of nitrogens with one attached hydrogen (secondary N) is 1. The number of carbonyl (C=O) groups is 2. The first kappa shape index (κ1) is 16.9. The second-order valence-electron chi connectivity index (χ2n) is 6.11. The van der Waals surface area contributed by atoms with Gasteiger partial charge >= 0.3 is 5.97 Å². The molecule has 116 valence electrons. The maximum atomic E-state index is 12.0. The number of nitrogens with zero attached hydrogens (tertiary/aromatic N) is 1. The third-order valence-corrected chi connectivity index (χ3v) is 3.64. The van der Waals surface area contributed by atoms with Gasteiger partial charge in [0.15, 0.2) is 0 Å². The Labute approximate surface area is 121 Å². The molecule has 0 aromatic rings. The van der Waals surface area contributed by atoms with Gasteiger partial charge in [-0.3, -0.25) is 9.69 Å². The van der Waals surface area contributed by atoms with Gasteiger partial charge in [-0.2, -0.15) is 0 Å². The number of hydrogen-bond donors (Lipinski definition) is 2. The monoisotopic (exact) mass is 285 g/mol. The van der Waals surface area contributed by atoms with Gasteiger partial charge in [0.05, 0.1) is 13.7 Å². The van der Waals surface area contributed by atoms with E-state index in [0.29, 0.717) is 18.3 Å². The fraction of sp³-hybridized carbons (Fsp3) is 0.857. The van der Waals surface area contributed by atoms with Crippen LogP contribution in [0.5, 0.6) is 0 Å². The second-order valence-corrected chi connectivity index (χ2v) is 6.11. The lowest BCUT2D eigenvalue weighted by Gasteiger charge is -2.20. The molecule has 0 saturated carbocycles. The molecule has 1 fully saturated rings. The molecular formula is C14H27N3O3. The van der Waals surface area contributed by atoms with Crippen LogP contribution in [0.1, 0.15) is 27.2 Å². The third kappa shape index (κ3) is 5.09. The van der Waals surface area contributed by atoms with E-state index in [2.05, 4.69) is 12.2 Å². The van der Waals surface area contributed by atoms with E-state index in [9.17, 15) is 9.59 Å². The Morgan fingerprint density at radius 3 is 2.50 bits per heavy atom. The maximum Gasteiger partial charge on any atom is 0.328 e. The highest BCUT2D eigenvalue weighted by molar-refractivity contribution is 5.85. The Hall–Kier alpha value is -1.14. The van der Waals surface area contributed by atoms with Crippen LogP contribution >= 0.6 is 0 Å². The molecule has 1 amide bonds. The number of rotatable bonds is 6. The van der Waals surface area contributed by atoms with Crippen molar-refractivity contribution in [1.82, 2.24) is 10.2 Å². The number of carbonyl (C=O) groups excluding carboxylic acids is 2. The first-order valence-electron chi connectivity index (χ1n) is 7.18. The predicted octanol–water partition coefficient (Wildman–Crippen LogP) is -0.0307. The number of hydrogen-bond acceptors (Lipinski definition) is 5. The molecule has 0 aromatic carbocycles. The summed E-state index contributed by atoms with van der Waals surface area (Å²) in [4.78, 5) is 25.7. The van der Waals surface area contributed by atoms with Gasteiger partial charge in [-0.25, -0.2) is 4.79 Å². The van der Waals surface area contributed by atoms with Crippen molar-refractivity contribution < 1.29 is 14.3 Å². The van der Waals surface area contributed by atoms with E-state index < -0.39 is 12.0 Å². The van der Waals surface area contributed by atoms with Crippen LogP contribution in [-0.4, -0.2) is 55.6 Å². The summed E-state index contributed by atoms with van der Waals surface area (Å²) >= 11 is 0. The van der Waals surface area contributed by atoms with Gasteiger partial charge in [-0.15, -0.1) is 0 Å². The fourth-order valence-corrected chi connectivity index (χ4v) is 2.50. The van der Waals surface area contributed by atoms with Crippen LogP contribution in [0, 0.1) is 11.8 Å². The van der Waals surface area contributed by atoms with Crippen molar-refractivity contribution in [3.05, 3.63) is 0 Å². The van der Waals surface area contributed by atoms with Gasteiger partial charge in [0.1, 0.15) is 6.04 Å². The summed E-state index contributed by atoms with van der Waals surface area (Å²) in [6, 6.07) is -0.448. The standard InChI is InChI=1S/C14H27N3O3/c1-9(2)5-12(14(19)20-4)16-13(18)8-17-6-10(3)11(15)7-17/h9-12H,5-8,15H2,1-4H3,(H,16,18). The third-order valence-electron chi connectivity index (χ3n) is 3.64. The Morgan fingerprint density at radius 1 is 1.40 bits per heavy atom. The molecule has 3 unspecified atom stereocenters. The molecule has 1 aliphatic rings. The molecule has 6 nitrogen and oxygen atoms in total. The van der Waals surface area contributed by atoms with Crippen molar-refractivity contribution in [2.45, 2.75) is 39.3 Å². The first-order valence-corrected chi connectivity index (χ1v) is 7.18. The lowest BCUT2D eigenvalue weighted by atomic mass is 10.0.